The van der Waals surface area contributed by atoms with Crippen LogP contribution in [0.1, 0.15) is 52.7 Å². The molecule has 116 valence electrons. The van der Waals surface area contributed by atoms with Gasteiger partial charge in [0.1, 0.15) is 0 Å². The lowest BCUT2D eigenvalue weighted by Gasteiger charge is -2.23. The number of anilines is 1. The van der Waals surface area contributed by atoms with E-state index in [1.165, 1.54) is 22.3 Å². The first kappa shape index (κ1) is 16.4. The number of hydrogen-bond acceptors (Lipinski definition) is 1. The molecule has 1 aromatic rings. The third kappa shape index (κ3) is 2.94. The van der Waals surface area contributed by atoms with Gasteiger partial charge in [-0.05, 0) is 62.6 Å². The average Bonchev–Trinajstić information content (AvgIpc) is 2.67. The van der Waals surface area contributed by atoms with Crippen LogP contribution in [-0.4, -0.2) is 0 Å². The van der Waals surface area contributed by atoms with Crippen LogP contribution in [0.4, 0.5) is 5.69 Å². The molecule has 0 unspecified atom stereocenters. The maximum atomic E-state index is 3.48. The van der Waals surface area contributed by atoms with Crippen molar-refractivity contribution in [1.29, 1.82) is 0 Å². The molecule has 0 amide bonds. The Hall–Kier alpha value is -2.02. The first-order valence-corrected chi connectivity index (χ1v) is 7.97. The van der Waals surface area contributed by atoms with Gasteiger partial charge in [-0.2, -0.15) is 0 Å². The average molecular weight is 293 g/mol. The summed E-state index contributed by atoms with van der Waals surface area (Å²) in [4.78, 5) is 0. The van der Waals surface area contributed by atoms with Crippen LogP contribution < -0.4 is 5.32 Å². The Kier molecular flexibility index (Phi) is 4.75. The topological polar surface area (TPSA) is 12.0 Å². The summed E-state index contributed by atoms with van der Waals surface area (Å²) in [5.41, 5.74) is 7.96. The standard InChI is InChI=1S/C21H27N/c1-7-9-11-15(3)22-17-12-13-19-18(10-8-2)16(4)21(5,6)20(19)14-17/h7-14,22H,1-6H3/b9-7-,10-8-,15-11+. The summed E-state index contributed by atoms with van der Waals surface area (Å²) in [6.45, 7) is 13.1. The SMILES string of the molecule is C/C=C\C=C(/C)Nc1ccc2c(c1)C(C)(C)C(C)=C2/C=C\C. The molecule has 0 bridgehead atoms. The van der Waals surface area contributed by atoms with Crippen molar-refractivity contribution >= 4 is 11.3 Å². The van der Waals surface area contributed by atoms with E-state index in [1.807, 2.05) is 13.0 Å². The highest BCUT2D eigenvalue weighted by Crippen LogP contribution is 2.47. The van der Waals surface area contributed by atoms with Crippen LogP contribution in [0.15, 0.2) is 59.8 Å². The number of allylic oxidation sites excluding steroid dienone is 8. The maximum Gasteiger partial charge on any atom is 0.0385 e. The minimum Gasteiger partial charge on any atom is -0.359 e. The Morgan fingerprint density at radius 3 is 2.50 bits per heavy atom. The Balaban J connectivity index is 2.41. The number of nitrogens with one attached hydrogen (secondary N) is 1. The third-order valence-electron chi connectivity index (χ3n) is 4.54. The number of hydrogen-bond donors (Lipinski definition) is 1. The van der Waals surface area contributed by atoms with Gasteiger partial charge < -0.3 is 5.32 Å². The minimum atomic E-state index is 0.0861. The smallest absolute Gasteiger partial charge is 0.0385 e. The van der Waals surface area contributed by atoms with E-state index in [0.717, 1.165) is 11.4 Å². The van der Waals surface area contributed by atoms with Crippen molar-refractivity contribution in [2.45, 2.75) is 47.0 Å². The molecule has 0 radical (unpaired) electrons. The molecule has 0 aliphatic heterocycles. The van der Waals surface area contributed by atoms with Crippen LogP contribution in [0.3, 0.4) is 0 Å². The third-order valence-corrected chi connectivity index (χ3v) is 4.54. The molecule has 0 spiro atoms. The molecule has 1 N–H and O–H groups in total. The van der Waals surface area contributed by atoms with Crippen molar-refractivity contribution in [2.75, 3.05) is 5.32 Å². The quantitative estimate of drug-likeness (QED) is 0.650. The van der Waals surface area contributed by atoms with Crippen molar-refractivity contribution in [3.63, 3.8) is 0 Å². The van der Waals surface area contributed by atoms with E-state index < -0.39 is 0 Å². The second kappa shape index (κ2) is 6.39. The van der Waals surface area contributed by atoms with Gasteiger partial charge in [0.05, 0.1) is 0 Å². The van der Waals surface area contributed by atoms with Crippen LogP contribution in [0, 0.1) is 0 Å². The molecule has 0 heterocycles. The molecule has 22 heavy (non-hydrogen) atoms. The van der Waals surface area contributed by atoms with Crippen LogP contribution >= 0.6 is 0 Å². The monoisotopic (exact) mass is 293 g/mol. The molecule has 0 fully saturated rings. The van der Waals surface area contributed by atoms with Gasteiger partial charge in [-0.1, -0.05) is 49.8 Å². The predicted octanol–water partition coefficient (Wildman–Crippen LogP) is 6.22. The largest absolute Gasteiger partial charge is 0.359 e. The summed E-state index contributed by atoms with van der Waals surface area (Å²) in [6, 6.07) is 6.71. The zero-order valence-electron chi connectivity index (χ0n) is 14.6. The highest BCUT2D eigenvalue weighted by molar-refractivity contribution is 5.86. The molecule has 1 aliphatic rings. The summed E-state index contributed by atoms with van der Waals surface area (Å²) >= 11 is 0. The lowest BCUT2D eigenvalue weighted by molar-refractivity contribution is 0.639. The maximum absolute atomic E-state index is 3.48. The van der Waals surface area contributed by atoms with E-state index in [-0.39, 0.29) is 5.41 Å². The zero-order valence-corrected chi connectivity index (χ0v) is 14.6. The van der Waals surface area contributed by atoms with Crippen molar-refractivity contribution < 1.29 is 0 Å². The van der Waals surface area contributed by atoms with Crippen LogP contribution in [0.25, 0.3) is 5.57 Å². The lowest BCUT2D eigenvalue weighted by atomic mass is 9.82. The molecular formula is C21H27N. The fourth-order valence-electron chi connectivity index (χ4n) is 3.01. The molecule has 0 aromatic heterocycles. The lowest BCUT2D eigenvalue weighted by Crippen LogP contribution is -2.15. The fraction of sp³-hybridized carbons (Fsp3) is 0.333. The summed E-state index contributed by atoms with van der Waals surface area (Å²) in [5, 5.41) is 3.48. The van der Waals surface area contributed by atoms with Crippen molar-refractivity contribution in [2.24, 2.45) is 0 Å². The zero-order chi connectivity index (χ0) is 16.3. The van der Waals surface area contributed by atoms with Gasteiger partial charge in [0.25, 0.3) is 0 Å². The van der Waals surface area contributed by atoms with E-state index in [2.05, 4.69) is 82.4 Å². The Morgan fingerprint density at radius 1 is 1.14 bits per heavy atom. The van der Waals surface area contributed by atoms with E-state index in [9.17, 15) is 0 Å². The second-order valence-electron chi connectivity index (χ2n) is 6.42. The molecular weight excluding hydrogens is 266 g/mol. The van der Waals surface area contributed by atoms with E-state index in [0.29, 0.717) is 0 Å². The first-order valence-electron chi connectivity index (χ1n) is 7.97. The molecule has 0 atom stereocenters. The molecule has 1 heteroatoms. The summed E-state index contributed by atoms with van der Waals surface area (Å²) in [5.74, 6) is 0. The minimum absolute atomic E-state index is 0.0861. The Bertz CT molecular complexity index is 682. The summed E-state index contributed by atoms with van der Waals surface area (Å²) in [7, 11) is 0. The van der Waals surface area contributed by atoms with Gasteiger partial charge in [-0.25, -0.2) is 0 Å². The first-order chi connectivity index (χ1) is 10.4. The van der Waals surface area contributed by atoms with E-state index in [1.54, 1.807) is 0 Å². The van der Waals surface area contributed by atoms with Gasteiger partial charge in [-0.3, -0.25) is 0 Å². The highest BCUT2D eigenvalue weighted by Gasteiger charge is 2.34. The summed E-state index contributed by atoms with van der Waals surface area (Å²) in [6.07, 6.45) is 10.5. The second-order valence-corrected chi connectivity index (χ2v) is 6.42. The van der Waals surface area contributed by atoms with Gasteiger partial charge in [-0.15, -0.1) is 0 Å². The van der Waals surface area contributed by atoms with E-state index >= 15 is 0 Å². The van der Waals surface area contributed by atoms with Crippen molar-refractivity contribution in [3.8, 4) is 0 Å². The number of rotatable bonds is 4. The van der Waals surface area contributed by atoms with Crippen LogP contribution in [0.5, 0.6) is 0 Å². The Morgan fingerprint density at radius 2 is 1.86 bits per heavy atom. The van der Waals surface area contributed by atoms with Crippen LogP contribution in [0.2, 0.25) is 0 Å². The van der Waals surface area contributed by atoms with Crippen molar-refractivity contribution in [1.82, 2.24) is 0 Å². The van der Waals surface area contributed by atoms with Crippen LogP contribution in [-0.2, 0) is 5.41 Å². The molecule has 0 saturated carbocycles. The molecule has 1 aromatic carbocycles. The predicted molar refractivity (Wildman–Crippen MR) is 99.1 cm³/mol. The highest BCUT2D eigenvalue weighted by atomic mass is 14.9. The molecule has 2 rings (SSSR count). The molecule has 0 saturated heterocycles. The molecule has 1 nitrogen and oxygen atoms in total. The normalized spacial score (nSPS) is 17.6. The van der Waals surface area contributed by atoms with Crippen molar-refractivity contribution in [3.05, 3.63) is 71.0 Å². The van der Waals surface area contributed by atoms with Gasteiger partial charge >= 0.3 is 0 Å². The van der Waals surface area contributed by atoms with Gasteiger partial charge in [0.15, 0.2) is 0 Å². The fourth-order valence-corrected chi connectivity index (χ4v) is 3.01. The summed E-state index contributed by atoms with van der Waals surface area (Å²) < 4.78 is 0. The number of benzene rings is 1. The van der Waals surface area contributed by atoms with E-state index in [4.69, 9.17) is 0 Å². The molecule has 1 aliphatic carbocycles. The Labute approximate surface area is 135 Å². The van der Waals surface area contributed by atoms with Gasteiger partial charge in [0.2, 0.25) is 0 Å². The number of fused-ring (bicyclic) bond motifs is 1. The van der Waals surface area contributed by atoms with Gasteiger partial charge in [0, 0.05) is 16.8 Å².